The third-order valence-electron chi connectivity index (χ3n) is 4.96. The number of esters is 1. The van der Waals surface area contributed by atoms with Gasteiger partial charge in [-0.15, -0.1) is 0 Å². The molecule has 2 rings (SSSR count). The van der Waals surface area contributed by atoms with E-state index in [1.807, 2.05) is 0 Å². The van der Waals surface area contributed by atoms with Crippen LogP contribution in [0.2, 0.25) is 0 Å². The van der Waals surface area contributed by atoms with Crippen molar-refractivity contribution in [3.63, 3.8) is 0 Å². The normalized spacial score (nSPS) is 12.9. The summed E-state index contributed by atoms with van der Waals surface area (Å²) in [5, 5.41) is 9.56. The van der Waals surface area contributed by atoms with Crippen LogP contribution in [-0.4, -0.2) is 46.5 Å². The van der Waals surface area contributed by atoms with E-state index >= 15 is 0 Å². The van der Waals surface area contributed by atoms with Crippen molar-refractivity contribution < 1.29 is 46.3 Å². The molecular weight excluding hydrogens is 482 g/mol. The summed E-state index contributed by atoms with van der Waals surface area (Å²) in [6, 6.07) is 5.77. The van der Waals surface area contributed by atoms with E-state index in [1.165, 1.54) is 19.1 Å². The second kappa shape index (κ2) is 11.3. The van der Waals surface area contributed by atoms with Crippen molar-refractivity contribution in [3.8, 4) is 0 Å². The van der Waals surface area contributed by atoms with Crippen molar-refractivity contribution >= 4 is 34.7 Å². The fourth-order valence-electron chi connectivity index (χ4n) is 3.26. The summed E-state index contributed by atoms with van der Waals surface area (Å²) in [5.41, 5.74) is -3.57. The molecule has 2 atom stereocenters. The third-order valence-corrected chi connectivity index (χ3v) is 6.45. The summed E-state index contributed by atoms with van der Waals surface area (Å²) in [6.07, 6.45) is -3.27. The Labute approximate surface area is 195 Å². The maximum absolute atomic E-state index is 15.0. The lowest BCUT2D eigenvalue weighted by Gasteiger charge is -2.25. The number of rotatable bonds is 8. The lowest BCUT2D eigenvalue weighted by Crippen LogP contribution is -2.38. The first kappa shape index (κ1) is 27.1. The van der Waals surface area contributed by atoms with Crippen LogP contribution in [0, 0.1) is 12.7 Å². The van der Waals surface area contributed by atoms with Crippen LogP contribution in [0.1, 0.15) is 34.0 Å². The number of ether oxygens (including phenoxy) is 1. The summed E-state index contributed by atoms with van der Waals surface area (Å²) >= 11 is -2.93. The zero-order valence-corrected chi connectivity index (χ0v) is 19.1. The molecule has 0 saturated heterocycles. The number of aryl methyl sites for hydroxylation is 2. The molecule has 34 heavy (non-hydrogen) atoms. The Morgan fingerprint density at radius 3 is 2.38 bits per heavy atom. The molecule has 184 valence electrons. The minimum atomic E-state index is -3.59. The standard InChI is InChI=1S/C22H21F4NO6S/c1-4-12-6-5-7-13(21(29)30)14(12)10-27(20(28)22(31)33-3)16-9-17(11(2)8-15(16)23)34(32)19(26)18(24)25/h5-9,18-19H,4,10H2,1-3H3,(H,29,30). The van der Waals surface area contributed by atoms with Gasteiger partial charge in [0.2, 0.25) is 0 Å². The zero-order valence-electron chi connectivity index (χ0n) is 18.3. The van der Waals surface area contributed by atoms with Crippen molar-refractivity contribution in [1.82, 2.24) is 0 Å². The van der Waals surface area contributed by atoms with Crippen molar-refractivity contribution in [1.29, 1.82) is 0 Å². The molecule has 0 aromatic heterocycles. The van der Waals surface area contributed by atoms with E-state index in [4.69, 9.17) is 0 Å². The highest BCUT2D eigenvalue weighted by Crippen LogP contribution is 2.32. The first-order valence-corrected chi connectivity index (χ1v) is 11.0. The number of hydrogen-bond donors (Lipinski definition) is 1. The van der Waals surface area contributed by atoms with Gasteiger partial charge in [0.05, 0.1) is 24.9 Å². The van der Waals surface area contributed by atoms with E-state index in [2.05, 4.69) is 4.74 Å². The van der Waals surface area contributed by atoms with E-state index < -0.39 is 63.9 Å². The average molecular weight is 503 g/mol. The van der Waals surface area contributed by atoms with Crippen molar-refractivity contribution in [3.05, 3.63) is 58.4 Å². The molecule has 2 aromatic carbocycles. The number of carboxylic acids is 1. The molecular formula is C22H21F4NO6S. The van der Waals surface area contributed by atoms with Crippen LogP contribution in [0.4, 0.5) is 23.2 Å². The van der Waals surface area contributed by atoms with Gasteiger partial charge in [0, 0.05) is 22.8 Å². The van der Waals surface area contributed by atoms with Gasteiger partial charge in [-0.1, -0.05) is 19.1 Å². The Hall–Kier alpha value is -3.12. The highest BCUT2D eigenvalue weighted by molar-refractivity contribution is 7.92. The zero-order chi connectivity index (χ0) is 25.7. The monoisotopic (exact) mass is 503 g/mol. The molecule has 2 aromatic rings. The Morgan fingerprint density at radius 1 is 1.21 bits per heavy atom. The largest absolute Gasteiger partial charge is 0.609 e. The van der Waals surface area contributed by atoms with Gasteiger partial charge in [0.25, 0.3) is 0 Å². The Balaban J connectivity index is 2.73. The predicted molar refractivity (Wildman–Crippen MR) is 114 cm³/mol. The highest BCUT2D eigenvalue weighted by Gasteiger charge is 2.37. The number of aromatic carboxylic acids is 1. The maximum atomic E-state index is 15.0. The summed E-state index contributed by atoms with van der Waals surface area (Å²) in [6.45, 7) is 2.29. The van der Waals surface area contributed by atoms with Gasteiger partial charge in [-0.3, -0.25) is 9.69 Å². The fourth-order valence-corrected chi connectivity index (χ4v) is 4.29. The SMILES string of the molecule is CCc1cccc(C(=O)O)c1CN(C(=O)C(=O)OC)c1cc([S+]([O-])C(F)C(F)F)c(C)cc1F. The summed E-state index contributed by atoms with van der Waals surface area (Å²) in [5.74, 6) is -5.30. The smallest absolute Gasteiger partial charge is 0.397 e. The summed E-state index contributed by atoms with van der Waals surface area (Å²) < 4.78 is 71.0. The summed E-state index contributed by atoms with van der Waals surface area (Å²) in [4.78, 5) is 36.6. The lowest BCUT2D eigenvalue weighted by atomic mass is 9.98. The van der Waals surface area contributed by atoms with Crippen LogP contribution in [-0.2, 0) is 38.5 Å². The fraction of sp³-hybridized carbons (Fsp3) is 0.318. The van der Waals surface area contributed by atoms with E-state index in [9.17, 15) is 41.6 Å². The Morgan fingerprint density at radius 2 is 1.85 bits per heavy atom. The van der Waals surface area contributed by atoms with Crippen LogP contribution >= 0.6 is 0 Å². The number of nitrogens with zero attached hydrogens (tertiary/aromatic N) is 1. The van der Waals surface area contributed by atoms with Crippen LogP contribution < -0.4 is 4.90 Å². The minimum absolute atomic E-state index is 0.0772. The van der Waals surface area contributed by atoms with Crippen LogP contribution in [0.15, 0.2) is 35.2 Å². The second-order valence-electron chi connectivity index (χ2n) is 7.04. The number of methoxy groups -OCH3 is 1. The van der Waals surface area contributed by atoms with Crippen molar-refractivity contribution in [2.24, 2.45) is 0 Å². The van der Waals surface area contributed by atoms with Crippen LogP contribution in [0.25, 0.3) is 0 Å². The molecule has 1 N–H and O–H groups in total. The van der Waals surface area contributed by atoms with E-state index in [1.54, 1.807) is 13.0 Å². The second-order valence-corrected chi connectivity index (χ2v) is 8.52. The maximum Gasteiger partial charge on any atom is 0.397 e. The lowest BCUT2D eigenvalue weighted by molar-refractivity contribution is -0.151. The van der Waals surface area contributed by atoms with E-state index in [-0.39, 0.29) is 16.7 Å². The molecule has 12 heteroatoms. The topological polar surface area (TPSA) is 107 Å². The molecule has 0 heterocycles. The number of benzene rings is 2. The molecule has 0 aliphatic heterocycles. The van der Waals surface area contributed by atoms with Crippen LogP contribution in [0.5, 0.6) is 0 Å². The van der Waals surface area contributed by atoms with Gasteiger partial charge >= 0.3 is 29.8 Å². The van der Waals surface area contributed by atoms with Gasteiger partial charge in [-0.05, 0) is 36.6 Å². The highest BCUT2D eigenvalue weighted by atomic mass is 32.2. The molecule has 1 amide bonds. The van der Waals surface area contributed by atoms with Gasteiger partial charge in [0.1, 0.15) is 5.82 Å². The first-order chi connectivity index (χ1) is 15.9. The molecule has 0 radical (unpaired) electrons. The van der Waals surface area contributed by atoms with Crippen molar-refractivity contribution in [2.45, 2.75) is 43.6 Å². The average Bonchev–Trinajstić information content (AvgIpc) is 2.80. The first-order valence-electron chi connectivity index (χ1n) is 9.81. The van der Waals surface area contributed by atoms with Crippen molar-refractivity contribution in [2.75, 3.05) is 12.0 Å². The molecule has 7 nitrogen and oxygen atoms in total. The number of anilines is 1. The molecule has 0 aliphatic carbocycles. The number of carbonyl (C=O) groups is 3. The predicted octanol–water partition coefficient (Wildman–Crippen LogP) is 3.77. The van der Waals surface area contributed by atoms with Gasteiger partial charge in [-0.25, -0.2) is 22.8 Å². The molecule has 0 aliphatic rings. The van der Waals surface area contributed by atoms with Gasteiger partial charge in [-0.2, -0.15) is 4.39 Å². The van der Waals surface area contributed by atoms with Crippen LogP contribution in [0.3, 0.4) is 0 Å². The molecule has 0 bridgehead atoms. The van der Waals surface area contributed by atoms with Gasteiger partial charge in [0.15, 0.2) is 4.90 Å². The molecule has 0 fully saturated rings. The quantitative estimate of drug-likeness (QED) is 0.254. The molecule has 2 unspecified atom stereocenters. The number of alkyl halides is 3. The summed E-state index contributed by atoms with van der Waals surface area (Å²) in [7, 11) is 0.892. The Kier molecular flexibility index (Phi) is 9.05. The minimum Gasteiger partial charge on any atom is -0.609 e. The Bertz CT molecular complexity index is 1100. The van der Waals surface area contributed by atoms with E-state index in [0.717, 1.165) is 19.2 Å². The number of amides is 1. The van der Waals surface area contributed by atoms with Gasteiger partial charge < -0.3 is 14.4 Å². The number of carbonyl (C=O) groups excluding carboxylic acids is 2. The third kappa shape index (κ3) is 5.68. The number of halogens is 4. The number of hydrogen-bond acceptors (Lipinski definition) is 5. The van der Waals surface area contributed by atoms with E-state index in [0.29, 0.717) is 16.9 Å². The number of carboxylic acid groups (broad SMARTS) is 1. The molecule has 0 spiro atoms. The molecule has 0 saturated carbocycles.